The van der Waals surface area contributed by atoms with E-state index in [9.17, 15) is 4.79 Å². The summed E-state index contributed by atoms with van der Waals surface area (Å²) >= 11 is 9.31. The highest BCUT2D eigenvalue weighted by Gasteiger charge is 2.16. The molecule has 19 heavy (non-hydrogen) atoms. The second kappa shape index (κ2) is 5.10. The Morgan fingerprint density at radius 2 is 1.84 bits per heavy atom. The number of carbonyl (C=O) groups is 1. The summed E-state index contributed by atoms with van der Waals surface area (Å²) in [4.78, 5) is 12.5. The van der Waals surface area contributed by atoms with Crippen LogP contribution in [0.2, 0.25) is 5.02 Å². The lowest BCUT2D eigenvalue weighted by Gasteiger charge is -2.06. The number of hydrogen-bond donors (Lipinski definition) is 0. The minimum Gasteiger partial charge on any atom is -0.289 e. The average molecular weight is 336 g/mol. The molecule has 0 saturated carbocycles. The molecule has 0 bridgehead atoms. The van der Waals surface area contributed by atoms with Crippen molar-refractivity contribution >= 4 is 33.3 Å². The van der Waals surface area contributed by atoms with Crippen LogP contribution >= 0.6 is 27.5 Å². The maximum absolute atomic E-state index is 12.5. The monoisotopic (exact) mass is 334 g/mol. The number of carbonyl (C=O) groups excluding carboxylic acids is 1. The molecule has 0 aromatic heterocycles. The van der Waals surface area contributed by atoms with Gasteiger partial charge < -0.3 is 0 Å². The van der Waals surface area contributed by atoms with Gasteiger partial charge in [0.2, 0.25) is 0 Å². The van der Waals surface area contributed by atoms with E-state index in [-0.39, 0.29) is 5.78 Å². The third-order valence-electron chi connectivity index (χ3n) is 3.54. The molecule has 0 atom stereocenters. The van der Waals surface area contributed by atoms with Gasteiger partial charge in [0.25, 0.3) is 0 Å². The Labute approximate surface area is 125 Å². The maximum atomic E-state index is 12.5. The maximum Gasteiger partial charge on any atom is 0.194 e. The van der Waals surface area contributed by atoms with Crippen LogP contribution in [-0.2, 0) is 12.8 Å². The average Bonchev–Trinajstić information content (AvgIpc) is 2.85. The minimum atomic E-state index is 0.0400. The van der Waals surface area contributed by atoms with Crippen LogP contribution in [0.3, 0.4) is 0 Å². The summed E-state index contributed by atoms with van der Waals surface area (Å²) in [6.07, 6.45) is 3.41. The van der Waals surface area contributed by atoms with E-state index in [1.54, 1.807) is 18.2 Å². The highest BCUT2D eigenvalue weighted by atomic mass is 79.9. The molecular formula is C16H12BrClO. The molecule has 1 nitrogen and oxygen atoms in total. The fourth-order valence-corrected chi connectivity index (χ4v) is 3.40. The Morgan fingerprint density at radius 1 is 1.05 bits per heavy atom. The molecule has 0 unspecified atom stereocenters. The predicted octanol–water partition coefficient (Wildman–Crippen LogP) is 4.82. The Kier molecular flexibility index (Phi) is 3.46. The lowest BCUT2D eigenvalue weighted by Crippen LogP contribution is -2.03. The summed E-state index contributed by atoms with van der Waals surface area (Å²) in [6.45, 7) is 0. The predicted molar refractivity (Wildman–Crippen MR) is 81.1 cm³/mol. The normalized spacial score (nSPS) is 13.4. The molecule has 0 heterocycles. The van der Waals surface area contributed by atoms with Crippen LogP contribution in [0.25, 0.3) is 0 Å². The summed E-state index contributed by atoms with van der Waals surface area (Å²) in [7, 11) is 0. The van der Waals surface area contributed by atoms with Gasteiger partial charge in [-0.05, 0) is 70.6 Å². The van der Waals surface area contributed by atoms with Crippen LogP contribution in [0.4, 0.5) is 0 Å². The van der Waals surface area contributed by atoms with Gasteiger partial charge in [-0.2, -0.15) is 0 Å². The fourth-order valence-electron chi connectivity index (χ4n) is 2.54. The van der Waals surface area contributed by atoms with Crippen molar-refractivity contribution < 1.29 is 4.79 Å². The Balaban J connectivity index is 2.00. The zero-order valence-corrected chi connectivity index (χ0v) is 12.6. The number of halogens is 2. The number of ketones is 1. The number of rotatable bonds is 2. The molecule has 2 aromatic rings. The van der Waals surface area contributed by atoms with Crippen molar-refractivity contribution in [3.05, 3.63) is 68.1 Å². The molecule has 96 valence electrons. The van der Waals surface area contributed by atoms with E-state index < -0.39 is 0 Å². The van der Waals surface area contributed by atoms with Crippen molar-refractivity contribution in [1.82, 2.24) is 0 Å². The second-order valence-corrected chi connectivity index (χ2v) is 6.08. The van der Waals surface area contributed by atoms with E-state index in [0.717, 1.165) is 22.9 Å². The first-order valence-corrected chi connectivity index (χ1v) is 7.44. The first-order chi connectivity index (χ1) is 9.15. The van der Waals surface area contributed by atoms with E-state index in [0.29, 0.717) is 10.6 Å². The highest BCUT2D eigenvalue weighted by molar-refractivity contribution is 9.10. The summed E-state index contributed by atoms with van der Waals surface area (Å²) in [5.41, 5.74) is 4.11. The topological polar surface area (TPSA) is 17.1 Å². The van der Waals surface area contributed by atoms with Crippen LogP contribution in [0.15, 0.2) is 40.9 Å². The van der Waals surface area contributed by atoms with Gasteiger partial charge in [0.05, 0.1) is 0 Å². The largest absolute Gasteiger partial charge is 0.289 e. The molecule has 2 aromatic carbocycles. The summed E-state index contributed by atoms with van der Waals surface area (Å²) in [5, 5.41) is 0.623. The fraction of sp³-hybridized carbons (Fsp3) is 0.188. The van der Waals surface area contributed by atoms with Gasteiger partial charge in [-0.1, -0.05) is 23.7 Å². The van der Waals surface area contributed by atoms with Crippen LogP contribution in [0.1, 0.15) is 33.5 Å². The van der Waals surface area contributed by atoms with Crippen molar-refractivity contribution in [3.8, 4) is 0 Å². The number of benzene rings is 2. The van der Waals surface area contributed by atoms with Crippen molar-refractivity contribution in [2.24, 2.45) is 0 Å². The van der Waals surface area contributed by atoms with Gasteiger partial charge >= 0.3 is 0 Å². The standard InChI is InChI=1S/C16H12BrClO/c17-15-9-13(18)6-7-14(15)16(19)12-5-4-10-2-1-3-11(10)8-12/h4-9H,1-3H2. The second-order valence-electron chi connectivity index (χ2n) is 4.79. The lowest BCUT2D eigenvalue weighted by atomic mass is 9.99. The number of hydrogen-bond acceptors (Lipinski definition) is 1. The van der Waals surface area contributed by atoms with E-state index in [1.807, 2.05) is 12.1 Å². The zero-order valence-electron chi connectivity index (χ0n) is 10.2. The Bertz CT molecular complexity index is 664. The molecule has 0 amide bonds. The van der Waals surface area contributed by atoms with Gasteiger partial charge in [0.15, 0.2) is 5.78 Å². The first-order valence-electron chi connectivity index (χ1n) is 6.27. The van der Waals surface area contributed by atoms with Crippen molar-refractivity contribution in [3.63, 3.8) is 0 Å². The van der Waals surface area contributed by atoms with Gasteiger partial charge in [0.1, 0.15) is 0 Å². The van der Waals surface area contributed by atoms with E-state index >= 15 is 0 Å². The van der Waals surface area contributed by atoms with Gasteiger partial charge in [-0.15, -0.1) is 0 Å². The number of fused-ring (bicyclic) bond motifs is 1. The summed E-state index contributed by atoms with van der Waals surface area (Å²) < 4.78 is 0.741. The molecule has 0 radical (unpaired) electrons. The zero-order chi connectivity index (χ0) is 13.4. The number of aryl methyl sites for hydroxylation is 2. The first kappa shape index (κ1) is 12.9. The summed E-state index contributed by atoms with van der Waals surface area (Å²) in [6, 6.07) is 11.3. The molecule has 0 aliphatic heterocycles. The minimum absolute atomic E-state index is 0.0400. The molecule has 0 saturated heterocycles. The van der Waals surface area contributed by atoms with Crippen LogP contribution in [0.5, 0.6) is 0 Å². The van der Waals surface area contributed by atoms with Crippen LogP contribution < -0.4 is 0 Å². The van der Waals surface area contributed by atoms with Crippen LogP contribution in [0, 0.1) is 0 Å². The van der Waals surface area contributed by atoms with Gasteiger partial charge in [-0.25, -0.2) is 0 Å². The third kappa shape index (κ3) is 2.47. The highest BCUT2D eigenvalue weighted by Crippen LogP contribution is 2.27. The molecule has 3 heteroatoms. The molecule has 1 aliphatic rings. The Hall–Kier alpha value is -1.12. The molecule has 1 aliphatic carbocycles. The van der Waals surface area contributed by atoms with Crippen molar-refractivity contribution in [1.29, 1.82) is 0 Å². The molecule has 0 fully saturated rings. The summed E-state index contributed by atoms with van der Waals surface area (Å²) in [5.74, 6) is 0.0400. The third-order valence-corrected chi connectivity index (χ3v) is 4.43. The van der Waals surface area contributed by atoms with Gasteiger partial charge in [0, 0.05) is 20.6 Å². The van der Waals surface area contributed by atoms with Crippen LogP contribution in [-0.4, -0.2) is 5.78 Å². The molecule has 0 N–H and O–H groups in total. The Morgan fingerprint density at radius 3 is 2.63 bits per heavy atom. The molecule has 3 rings (SSSR count). The molecular weight excluding hydrogens is 324 g/mol. The smallest absolute Gasteiger partial charge is 0.194 e. The SMILES string of the molecule is O=C(c1ccc2c(c1)CCC2)c1ccc(Cl)cc1Br. The van der Waals surface area contributed by atoms with E-state index in [4.69, 9.17) is 11.6 Å². The lowest BCUT2D eigenvalue weighted by molar-refractivity contribution is 0.103. The molecule has 0 spiro atoms. The quantitative estimate of drug-likeness (QED) is 0.719. The van der Waals surface area contributed by atoms with Crippen molar-refractivity contribution in [2.75, 3.05) is 0 Å². The van der Waals surface area contributed by atoms with E-state index in [1.165, 1.54) is 17.5 Å². The van der Waals surface area contributed by atoms with Gasteiger partial charge in [-0.3, -0.25) is 4.79 Å². The van der Waals surface area contributed by atoms with E-state index in [2.05, 4.69) is 22.0 Å². The van der Waals surface area contributed by atoms with Crippen molar-refractivity contribution in [2.45, 2.75) is 19.3 Å².